The van der Waals surface area contributed by atoms with Crippen molar-refractivity contribution >= 4 is 0 Å². The fourth-order valence-electron chi connectivity index (χ4n) is 0.792. The van der Waals surface area contributed by atoms with Gasteiger partial charge in [-0.15, -0.1) is 13.2 Å². The van der Waals surface area contributed by atoms with E-state index in [1.165, 1.54) is 0 Å². The molecular formula is C8H4F5O2. The van der Waals surface area contributed by atoms with Crippen LogP contribution in [0.25, 0.3) is 0 Å². The molecule has 2 nitrogen and oxygen atoms in total. The Morgan fingerprint density at radius 3 is 2.47 bits per heavy atom. The van der Waals surface area contributed by atoms with Gasteiger partial charge in [0.25, 0.3) is 0 Å². The second kappa shape index (κ2) is 4.33. The van der Waals surface area contributed by atoms with Crippen LogP contribution in [0.3, 0.4) is 0 Å². The van der Waals surface area contributed by atoms with Crippen LogP contribution in [0.2, 0.25) is 0 Å². The van der Waals surface area contributed by atoms with E-state index in [9.17, 15) is 22.0 Å². The molecule has 0 aliphatic rings. The highest BCUT2D eigenvalue weighted by atomic mass is 19.4. The van der Waals surface area contributed by atoms with Crippen molar-refractivity contribution in [1.29, 1.82) is 0 Å². The zero-order valence-corrected chi connectivity index (χ0v) is 7.02. The summed E-state index contributed by atoms with van der Waals surface area (Å²) >= 11 is 0. The standard InChI is InChI=1S/C8H4F5O2/c9-7(10)14-5-3-1-2-4-6(5)15-8(11,12)13/h1-2,4,7H. The van der Waals surface area contributed by atoms with Gasteiger partial charge in [-0.3, -0.25) is 0 Å². The molecule has 7 heteroatoms. The molecule has 1 aromatic carbocycles. The van der Waals surface area contributed by atoms with Crippen molar-refractivity contribution in [2.45, 2.75) is 13.0 Å². The van der Waals surface area contributed by atoms with Crippen LogP contribution in [-0.4, -0.2) is 13.0 Å². The predicted molar refractivity (Wildman–Crippen MR) is 38.6 cm³/mol. The molecular weight excluding hydrogens is 223 g/mol. The lowest BCUT2D eigenvalue weighted by molar-refractivity contribution is -0.275. The summed E-state index contributed by atoms with van der Waals surface area (Å²) in [6.07, 6.45) is -4.96. The normalized spacial score (nSPS) is 11.6. The van der Waals surface area contributed by atoms with E-state index in [0.29, 0.717) is 0 Å². The van der Waals surface area contributed by atoms with Crippen LogP contribution in [-0.2, 0) is 0 Å². The van der Waals surface area contributed by atoms with Gasteiger partial charge in [0.1, 0.15) is 0 Å². The highest BCUT2D eigenvalue weighted by Crippen LogP contribution is 2.32. The van der Waals surface area contributed by atoms with E-state index in [4.69, 9.17) is 0 Å². The van der Waals surface area contributed by atoms with E-state index in [1.807, 2.05) is 0 Å². The molecule has 0 bridgehead atoms. The third-order valence-corrected chi connectivity index (χ3v) is 1.21. The number of ether oxygens (including phenoxy) is 2. The van der Waals surface area contributed by atoms with E-state index in [1.54, 1.807) is 0 Å². The summed E-state index contributed by atoms with van der Waals surface area (Å²) in [6.45, 7) is -3.24. The van der Waals surface area contributed by atoms with Crippen molar-refractivity contribution < 1.29 is 31.4 Å². The molecule has 0 fully saturated rings. The summed E-state index contributed by atoms with van der Waals surface area (Å²) in [6, 6.07) is 5.19. The molecule has 0 heterocycles. The summed E-state index contributed by atoms with van der Waals surface area (Å²) < 4.78 is 66.1. The molecule has 1 rings (SSSR count). The molecule has 0 atom stereocenters. The zero-order valence-electron chi connectivity index (χ0n) is 7.02. The summed E-state index contributed by atoms with van der Waals surface area (Å²) in [7, 11) is 0. The van der Waals surface area contributed by atoms with Crippen LogP contribution < -0.4 is 9.47 Å². The maximum absolute atomic E-state index is 11.8. The first-order chi connectivity index (χ1) is 6.88. The van der Waals surface area contributed by atoms with Crippen LogP contribution in [0.1, 0.15) is 0 Å². The summed E-state index contributed by atoms with van der Waals surface area (Å²) in [4.78, 5) is 0. The van der Waals surface area contributed by atoms with Crippen molar-refractivity contribution in [2.24, 2.45) is 0 Å². The van der Waals surface area contributed by atoms with Crippen molar-refractivity contribution in [3.63, 3.8) is 0 Å². The molecule has 0 N–H and O–H groups in total. The lowest BCUT2D eigenvalue weighted by atomic mass is 10.3. The first kappa shape index (κ1) is 11.5. The van der Waals surface area contributed by atoms with E-state index in [2.05, 4.69) is 15.5 Å². The van der Waals surface area contributed by atoms with Gasteiger partial charge in [0.2, 0.25) is 0 Å². The third-order valence-electron chi connectivity index (χ3n) is 1.21. The fourth-order valence-corrected chi connectivity index (χ4v) is 0.792. The van der Waals surface area contributed by atoms with Gasteiger partial charge in [-0.1, -0.05) is 12.1 Å². The van der Waals surface area contributed by atoms with Gasteiger partial charge >= 0.3 is 13.0 Å². The SMILES string of the molecule is FC(F)Oc1[c]cccc1OC(F)(F)F. The van der Waals surface area contributed by atoms with Crippen molar-refractivity contribution in [2.75, 3.05) is 0 Å². The summed E-state index contributed by atoms with van der Waals surface area (Å²) in [5, 5.41) is 0. The Balaban J connectivity index is 2.86. The Bertz CT molecular complexity index is 323. The average molecular weight is 227 g/mol. The number of para-hydroxylation sites is 1. The second-order valence-corrected chi connectivity index (χ2v) is 2.29. The van der Waals surface area contributed by atoms with Crippen molar-refractivity contribution in [3.05, 3.63) is 24.3 Å². The first-order valence-corrected chi connectivity index (χ1v) is 3.60. The van der Waals surface area contributed by atoms with Crippen LogP contribution in [0.4, 0.5) is 22.0 Å². The smallest absolute Gasteiger partial charge is 0.430 e. The van der Waals surface area contributed by atoms with Gasteiger partial charge in [-0.2, -0.15) is 8.78 Å². The number of rotatable bonds is 3. The molecule has 0 aromatic heterocycles. The highest BCUT2D eigenvalue weighted by molar-refractivity contribution is 5.38. The minimum Gasteiger partial charge on any atom is -0.430 e. The van der Waals surface area contributed by atoms with Gasteiger partial charge in [-0.05, 0) is 6.07 Å². The molecule has 1 radical (unpaired) electrons. The van der Waals surface area contributed by atoms with Gasteiger partial charge < -0.3 is 9.47 Å². The van der Waals surface area contributed by atoms with Crippen molar-refractivity contribution in [1.82, 2.24) is 0 Å². The fraction of sp³-hybridized carbons (Fsp3) is 0.250. The molecule has 1 aromatic rings. The van der Waals surface area contributed by atoms with Crippen LogP contribution in [0.5, 0.6) is 11.5 Å². The van der Waals surface area contributed by atoms with E-state index < -0.39 is 24.5 Å². The molecule has 0 spiro atoms. The predicted octanol–water partition coefficient (Wildman–Crippen LogP) is 2.99. The summed E-state index contributed by atoms with van der Waals surface area (Å²) in [5.41, 5.74) is 0. The molecule has 0 aliphatic carbocycles. The average Bonchev–Trinajstić information content (AvgIpc) is 2.05. The van der Waals surface area contributed by atoms with Crippen LogP contribution >= 0.6 is 0 Å². The Kier molecular flexibility index (Phi) is 3.33. The largest absolute Gasteiger partial charge is 0.573 e. The van der Waals surface area contributed by atoms with Crippen molar-refractivity contribution in [3.8, 4) is 11.5 Å². The molecule has 0 aliphatic heterocycles. The lowest BCUT2D eigenvalue weighted by Gasteiger charge is -2.12. The zero-order chi connectivity index (χ0) is 11.5. The molecule has 0 amide bonds. The number of benzene rings is 1. The van der Waals surface area contributed by atoms with E-state index in [-0.39, 0.29) is 0 Å². The topological polar surface area (TPSA) is 18.5 Å². The highest BCUT2D eigenvalue weighted by Gasteiger charge is 2.32. The molecule has 15 heavy (non-hydrogen) atoms. The Morgan fingerprint density at radius 1 is 1.27 bits per heavy atom. The minimum atomic E-state index is -4.96. The van der Waals surface area contributed by atoms with E-state index in [0.717, 1.165) is 18.2 Å². The quantitative estimate of drug-likeness (QED) is 0.739. The number of hydrogen-bond donors (Lipinski definition) is 0. The Morgan fingerprint density at radius 2 is 1.93 bits per heavy atom. The monoisotopic (exact) mass is 227 g/mol. The molecule has 0 saturated heterocycles. The van der Waals surface area contributed by atoms with Gasteiger partial charge in [0.05, 0.1) is 0 Å². The minimum absolute atomic E-state index is 0.787. The molecule has 0 unspecified atom stereocenters. The van der Waals surface area contributed by atoms with Gasteiger partial charge in [0, 0.05) is 6.07 Å². The summed E-state index contributed by atoms with van der Waals surface area (Å²) in [5.74, 6) is -1.64. The lowest BCUT2D eigenvalue weighted by Crippen LogP contribution is -2.18. The number of halogens is 5. The van der Waals surface area contributed by atoms with Crippen LogP contribution in [0.15, 0.2) is 18.2 Å². The first-order valence-electron chi connectivity index (χ1n) is 3.60. The molecule has 0 saturated carbocycles. The Labute approximate surface area is 81.2 Å². The third kappa shape index (κ3) is 4.01. The Hall–Kier alpha value is -1.53. The number of hydrogen-bond acceptors (Lipinski definition) is 2. The maximum atomic E-state index is 11.8. The molecule has 83 valence electrons. The van der Waals surface area contributed by atoms with Gasteiger partial charge in [0.15, 0.2) is 11.5 Å². The van der Waals surface area contributed by atoms with Crippen LogP contribution in [0, 0.1) is 6.07 Å². The second-order valence-electron chi connectivity index (χ2n) is 2.29. The number of alkyl halides is 5. The maximum Gasteiger partial charge on any atom is 0.573 e. The van der Waals surface area contributed by atoms with Gasteiger partial charge in [-0.25, -0.2) is 0 Å². The van der Waals surface area contributed by atoms with E-state index >= 15 is 0 Å².